The molecule has 2 aromatic carbocycles. The summed E-state index contributed by atoms with van der Waals surface area (Å²) < 4.78 is 16.6. The Morgan fingerprint density at radius 2 is 1.70 bits per heavy atom. The van der Waals surface area contributed by atoms with Gasteiger partial charge in [0.1, 0.15) is 23.4 Å². The first kappa shape index (κ1) is 19.3. The van der Waals surface area contributed by atoms with Gasteiger partial charge in [0.15, 0.2) is 0 Å². The first-order valence-electron chi connectivity index (χ1n) is 8.73. The number of ether oxygens (including phenoxy) is 3. The molecule has 27 heavy (non-hydrogen) atoms. The predicted molar refractivity (Wildman–Crippen MR) is 102 cm³/mol. The van der Waals surface area contributed by atoms with Crippen LogP contribution in [0.5, 0.6) is 11.5 Å². The summed E-state index contributed by atoms with van der Waals surface area (Å²) in [6, 6.07) is 6.99. The van der Waals surface area contributed by atoms with Crippen LogP contribution < -0.4 is 9.47 Å². The first-order valence-corrected chi connectivity index (χ1v) is 9.27. The normalized spacial score (nSPS) is 16.0. The first-order chi connectivity index (χ1) is 13.1. The molecule has 1 unspecified atom stereocenters. The lowest BCUT2D eigenvalue weighted by Gasteiger charge is -2.36. The van der Waals surface area contributed by atoms with Crippen LogP contribution in [-0.4, -0.2) is 49.5 Å². The van der Waals surface area contributed by atoms with Crippen molar-refractivity contribution in [3.8, 4) is 11.5 Å². The molecule has 7 heteroatoms. The maximum Gasteiger partial charge on any atom is 0.329 e. The molecule has 3 rings (SSSR count). The van der Waals surface area contributed by atoms with Crippen molar-refractivity contribution in [1.82, 2.24) is 4.90 Å². The largest absolute Gasteiger partial charge is 0.496 e. The number of rotatable bonds is 5. The van der Waals surface area contributed by atoms with Gasteiger partial charge < -0.3 is 19.1 Å². The molecular formula is C20H22ClNO5. The zero-order valence-electron chi connectivity index (χ0n) is 15.6. The van der Waals surface area contributed by atoms with Crippen LogP contribution in [0.4, 0.5) is 0 Å². The molecule has 0 aliphatic carbocycles. The van der Waals surface area contributed by atoms with Gasteiger partial charge in [-0.1, -0.05) is 24.3 Å². The minimum atomic E-state index is -0.747. The third-order valence-corrected chi connectivity index (χ3v) is 5.06. The molecule has 6 nitrogen and oxygen atoms in total. The highest BCUT2D eigenvalue weighted by Crippen LogP contribution is 2.44. The van der Waals surface area contributed by atoms with Crippen molar-refractivity contribution in [2.45, 2.75) is 25.9 Å². The van der Waals surface area contributed by atoms with Crippen molar-refractivity contribution in [3.63, 3.8) is 0 Å². The molecule has 1 heterocycles. The molecule has 0 aromatic heterocycles. The summed E-state index contributed by atoms with van der Waals surface area (Å²) in [6.45, 7) is 2.18. The number of hydrogen-bond donors (Lipinski definition) is 0. The highest BCUT2D eigenvalue weighted by atomic mass is 35.5. The van der Waals surface area contributed by atoms with Crippen LogP contribution in [-0.2, 0) is 27.3 Å². The zero-order valence-corrected chi connectivity index (χ0v) is 16.3. The van der Waals surface area contributed by atoms with Crippen LogP contribution in [0.15, 0.2) is 24.3 Å². The molecule has 144 valence electrons. The van der Waals surface area contributed by atoms with Crippen molar-refractivity contribution in [3.05, 3.63) is 35.4 Å². The molecule has 0 saturated heterocycles. The highest BCUT2D eigenvalue weighted by Gasteiger charge is 2.38. The average molecular weight is 392 g/mol. The van der Waals surface area contributed by atoms with E-state index in [4.69, 9.17) is 25.8 Å². The summed E-state index contributed by atoms with van der Waals surface area (Å²) in [6.07, 6.45) is 0.279. The third-order valence-electron chi connectivity index (χ3n) is 4.83. The number of carbonyl (C=O) groups excluding carboxylic acids is 2. The van der Waals surface area contributed by atoms with Crippen molar-refractivity contribution < 1.29 is 23.8 Å². The minimum Gasteiger partial charge on any atom is -0.496 e. The number of methoxy groups -OCH3 is 2. The SMILES string of the molecule is CCOC(=O)C1Cc2c(c(OC)c3ccccc3c2OC)CN1C(=O)CCl. The molecule has 0 spiro atoms. The smallest absolute Gasteiger partial charge is 0.329 e. The number of amides is 1. The van der Waals surface area contributed by atoms with Crippen LogP contribution in [0, 0.1) is 0 Å². The van der Waals surface area contributed by atoms with E-state index < -0.39 is 12.0 Å². The number of hydrogen-bond acceptors (Lipinski definition) is 5. The Bertz CT molecular complexity index is 882. The summed E-state index contributed by atoms with van der Waals surface area (Å²) in [4.78, 5) is 26.4. The fraction of sp³-hybridized carbons (Fsp3) is 0.400. The Morgan fingerprint density at radius 3 is 2.22 bits per heavy atom. The van der Waals surface area contributed by atoms with E-state index in [0.717, 1.165) is 21.9 Å². The van der Waals surface area contributed by atoms with Crippen molar-refractivity contribution >= 4 is 34.2 Å². The summed E-state index contributed by atoms with van der Waals surface area (Å²) in [7, 11) is 3.20. The molecule has 1 atom stereocenters. The maximum atomic E-state index is 12.5. The fourth-order valence-corrected chi connectivity index (χ4v) is 3.85. The van der Waals surface area contributed by atoms with Crippen molar-refractivity contribution in [1.29, 1.82) is 0 Å². The van der Waals surface area contributed by atoms with Crippen LogP contribution in [0.2, 0.25) is 0 Å². The quantitative estimate of drug-likeness (QED) is 0.579. The van der Waals surface area contributed by atoms with E-state index in [1.54, 1.807) is 21.1 Å². The maximum absolute atomic E-state index is 12.5. The minimum absolute atomic E-state index is 0.203. The Morgan fingerprint density at radius 1 is 1.11 bits per heavy atom. The van der Waals surface area contributed by atoms with Gasteiger partial charge in [-0.15, -0.1) is 11.6 Å². The lowest BCUT2D eigenvalue weighted by atomic mass is 9.89. The molecule has 2 aromatic rings. The van der Waals surface area contributed by atoms with Gasteiger partial charge in [0.05, 0.1) is 27.4 Å². The lowest BCUT2D eigenvalue weighted by Crippen LogP contribution is -2.50. The Balaban J connectivity index is 2.23. The number of esters is 1. The predicted octanol–water partition coefficient (Wildman–Crippen LogP) is 2.91. The number of fused-ring (bicyclic) bond motifs is 2. The van der Waals surface area contributed by atoms with Gasteiger partial charge in [0.25, 0.3) is 0 Å². The Labute approximate surface area is 162 Å². The van der Waals surface area contributed by atoms with E-state index in [1.807, 2.05) is 24.3 Å². The molecule has 0 bridgehead atoms. The molecule has 0 N–H and O–H groups in total. The number of alkyl halides is 1. The number of nitrogens with zero attached hydrogens (tertiary/aromatic N) is 1. The average Bonchev–Trinajstić information content (AvgIpc) is 2.70. The second kappa shape index (κ2) is 8.05. The van der Waals surface area contributed by atoms with E-state index in [0.29, 0.717) is 11.5 Å². The lowest BCUT2D eigenvalue weighted by molar-refractivity contribution is -0.155. The number of halogens is 1. The topological polar surface area (TPSA) is 65.1 Å². The van der Waals surface area contributed by atoms with Gasteiger partial charge in [-0.25, -0.2) is 4.79 Å². The van der Waals surface area contributed by atoms with Gasteiger partial charge in [-0.3, -0.25) is 4.79 Å². The summed E-state index contributed by atoms with van der Waals surface area (Å²) in [5.74, 6) is 0.383. The zero-order chi connectivity index (χ0) is 19.6. The van der Waals surface area contributed by atoms with Crippen molar-refractivity contribution in [2.75, 3.05) is 26.7 Å². The van der Waals surface area contributed by atoms with Crippen LogP contribution >= 0.6 is 11.6 Å². The third kappa shape index (κ3) is 3.30. The summed E-state index contributed by atoms with van der Waals surface area (Å²) in [5, 5.41) is 1.79. The van der Waals surface area contributed by atoms with Gasteiger partial charge >= 0.3 is 5.97 Å². The second-order valence-electron chi connectivity index (χ2n) is 6.20. The van der Waals surface area contributed by atoms with E-state index in [-0.39, 0.29) is 31.4 Å². The Hall–Kier alpha value is -2.47. The Kier molecular flexibility index (Phi) is 5.75. The standard InChI is InChI=1S/C20H22ClNO5/c1-4-27-20(24)16-9-14-15(11-22(16)17(23)10-21)19(26-3)13-8-6-5-7-12(13)18(14)25-2/h5-8,16H,4,9-11H2,1-3H3. The number of carbonyl (C=O) groups is 2. The van der Waals surface area contributed by atoms with Gasteiger partial charge in [0.2, 0.25) is 5.91 Å². The molecule has 1 aliphatic rings. The van der Waals surface area contributed by atoms with Gasteiger partial charge in [0, 0.05) is 28.3 Å². The van der Waals surface area contributed by atoms with Gasteiger partial charge in [-0.05, 0) is 6.92 Å². The van der Waals surface area contributed by atoms with Crippen LogP contribution in [0.25, 0.3) is 10.8 Å². The van der Waals surface area contributed by atoms with E-state index in [1.165, 1.54) is 4.90 Å². The molecular weight excluding hydrogens is 370 g/mol. The van der Waals surface area contributed by atoms with Crippen LogP contribution in [0.3, 0.4) is 0 Å². The van der Waals surface area contributed by atoms with Crippen LogP contribution in [0.1, 0.15) is 18.1 Å². The molecule has 0 fully saturated rings. The summed E-state index contributed by atoms with van der Waals surface area (Å²) >= 11 is 5.79. The summed E-state index contributed by atoms with van der Waals surface area (Å²) in [5.41, 5.74) is 1.68. The van der Waals surface area contributed by atoms with E-state index in [9.17, 15) is 9.59 Å². The fourth-order valence-electron chi connectivity index (χ4n) is 3.70. The molecule has 0 radical (unpaired) electrons. The van der Waals surface area contributed by atoms with Crippen molar-refractivity contribution in [2.24, 2.45) is 0 Å². The highest BCUT2D eigenvalue weighted by molar-refractivity contribution is 6.27. The molecule has 1 aliphatic heterocycles. The van der Waals surface area contributed by atoms with E-state index in [2.05, 4.69) is 0 Å². The number of benzene rings is 2. The monoisotopic (exact) mass is 391 g/mol. The second-order valence-corrected chi connectivity index (χ2v) is 6.46. The molecule has 1 amide bonds. The van der Waals surface area contributed by atoms with Gasteiger partial charge in [-0.2, -0.15) is 0 Å². The van der Waals surface area contributed by atoms with E-state index >= 15 is 0 Å². The molecule has 0 saturated carbocycles.